The molecule has 0 saturated carbocycles. The molecule has 0 aromatic heterocycles. The lowest BCUT2D eigenvalue weighted by Crippen LogP contribution is -2.54. The highest BCUT2D eigenvalue weighted by molar-refractivity contribution is 7.89. The van der Waals surface area contributed by atoms with Crippen LogP contribution in [0.15, 0.2) is 0 Å². The number of nitrogens with one attached hydrogen (secondary N) is 1. The maximum atomic E-state index is 12.2. The summed E-state index contributed by atoms with van der Waals surface area (Å²) in [5.74, 6) is -0.345. The third kappa shape index (κ3) is 7.23. The SMILES string of the molecule is CCOCCS(=O)(=O)NCC(=O)N1CCCCC1C(C)N.Cl. The molecule has 1 rings (SSSR count). The third-order valence-corrected chi connectivity index (χ3v) is 4.91. The number of hydrogen-bond acceptors (Lipinski definition) is 5. The van der Waals surface area contributed by atoms with Crippen molar-refractivity contribution in [2.24, 2.45) is 5.73 Å². The fraction of sp³-hybridized carbons (Fsp3) is 0.923. The second-order valence-electron chi connectivity index (χ2n) is 5.35. The van der Waals surface area contributed by atoms with Gasteiger partial charge in [-0.2, -0.15) is 0 Å². The predicted molar refractivity (Wildman–Crippen MR) is 88.5 cm³/mol. The molecule has 9 heteroatoms. The van der Waals surface area contributed by atoms with Gasteiger partial charge < -0.3 is 15.4 Å². The molecule has 1 aliphatic rings. The topological polar surface area (TPSA) is 102 Å². The number of ether oxygens (including phenoxy) is 1. The molecule has 7 nitrogen and oxygen atoms in total. The van der Waals surface area contributed by atoms with E-state index in [2.05, 4.69) is 4.72 Å². The monoisotopic (exact) mass is 357 g/mol. The van der Waals surface area contributed by atoms with E-state index in [4.69, 9.17) is 10.5 Å². The van der Waals surface area contributed by atoms with E-state index in [1.165, 1.54) is 0 Å². The number of hydrogen-bond donors (Lipinski definition) is 2. The Morgan fingerprint density at radius 1 is 1.45 bits per heavy atom. The van der Waals surface area contributed by atoms with E-state index in [1.807, 2.05) is 6.92 Å². The van der Waals surface area contributed by atoms with Crippen LogP contribution < -0.4 is 10.5 Å². The number of likely N-dealkylation sites (tertiary alicyclic amines) is 1. The van der Waals surface area contributed by atoms with Crippen LogP contribution in [-0.4, -0.2) is 63.4 Å². The van der Waals surface area contributed by atoms with Gasteiger partial charge in [-0.1, -0.05) is 0 Å². The summed E-state index contributed by atoms with van der Waals surface area (Å²) < 4.78 is 30.8. The lowest BCUT2D eigenvalue weighted by molar-refractivity contribution is -0.134. The van der Waals surface area contributed by atoms with Gasteiger partial charge in [-0.05, 0) is 33.1 Å². The van der Waals surface area contributed by atoms with Crippen LogP contribution in [0.3, 0.4) is 0 Å². The molecule has 2 atom stereocenters. The van der Waals surface area contributed by atoms with Crippen molar-refractivity contribution in [3.05, 3.63) is 0 Å². The highest BCUT2D eigenvalue weighted by Gasteiger charge is 2.29. The Labute approximate surface area is 139 Å². The van der Waals surface area contributed by atoms with E-state index in [9.17, 15) is 13.2 Å². The first-order chi connectivity index (χ1) is 9.87. The second kappa shape index (κ2) is 10.4. The van der Waals surface area contributed by atoms with Crippen molar-refractivity contribution in [2.45, 2.75) is 45.2 Å². The van der Waals surface area contributed by atoms with Gasteiger partial charge in [-0.25, -0.2) is 13.1 Å². The van der Waals surface area contributed by atoms with Gasteiger partial charge in [0.2, 0.25) is 15.9 Å². The Morgan fingerprint density at radius 3 is 2.73 bits per heavy atom. The van der Waals surface area contributed by atoms with Crippen LogP contribution in [0.2, 0.25) is 0 Å². The number of piperidine rings is 1. The minimum Gasteiger partial charge on any atom is -0.381 e. The quantitative estimate of drug-likeness (QED) is 0.599. The predicted octanol–water partition coefficient (Wildman–Crippen LogP) is 0.0924. The maximum Gasteiger partial charge on any atom is 0.237 e. The van der Waals surface area contributed by atoms with Crippen LogP contribution in [0.4, 0.5) is 0 Å². The lowest BCUT2D eigenvalue weighted by atomic mass is 9.97. The number of sulfonamides is 1. The number of amides is 1. The Morgan fingerprint density at radius 2 is 2.14 bits per heavy atom. The average molecular weight is 358 g/mol. The summed E-state index contributed by atoms with van der Waals surface area (Å²) in [6.45, 7) is 4.71. The molecule has 0 radical (unpaired) electrons. The van der Waals surface area contributed by atoms with E-state index in [0.29, 0.717) is 13.2 Å². The van der Waals surface area contributed by atoms with Crippen LogP contribution in [0.1, 0.15) is 33.1 Å². The minimum atomic E-state index is -3.48. The molecule has 0 bridgehead atoms. The third-order valence-electron chi connectivity index (χ3n) is 3.62. The summed E-state index contributed by atoms with van der Waals surface area (Å²) in [6, 6.07) is -0.108. The van der Waals surface area contributed by atoms with Gasteiger partial charge in [0.1, 0.15) is 0 Å². The van der Waals surface area contributed by atoms with Gasteiger partial charge in [-0.15, -0.1) is 12.4 Å². The number of nitrogens with two attached hydrogens (primary N) is 1. The second-order valence-corrected chi connectivity index (χ2v) is 7.27. The number of carbonyl (C=O) groups is 1. The maximum absolute atomic E-state index is 12.2. The first-order valence-electron chi connectivity index (χ1n) is 7.47. The standard InChI is InChI=1S/C13H27N3O4S.ClH/c1-3-20-8-9-21(18,19)15-10-13(17)16-7-5-4-6-12(16)11(2)14;/h11-12,15H,3-10,14H2,1-2H3;1H. The van der Waals surface area contributed by atoms with Crippen LogP contribution in [0.5, 0.6) is 0 Å². The molecule has 1 heterocycles. The lowest BCUT2D eigenvalue weighted by Gasteiger charge is -2.38. The van der Waals surface area contributed by atoms with Gasteiger partial charge in [0.25, 0.3) is 0 Å². The normalized spacial score (nSPS) is 20.3. The Kier molecular flexibility index (Phi) is 10.2. The molecule has 1 saturated heterocycles. The van der Waals surface area contributed by atoms with E-state index >= 15 is 0 Å². The minimum absolute atomic E-state index is 0. The molecular formula is C13H28ClN3O4S. The Balaban J connectivity index is 0.00000441. The van der Waals surface area contributed by atoms with Crippen molar-refractivity contribution in [3.63, 3.8) is 0 Å². The summed E-state index contributed by atoms with van der Waals surface area (Å²) in [5, 5.41) is 0. The molecular weight excluding hydrogens is 330 g/mol. The van der Waals surface area contributed by atoms with Crippen molar-refractivity contribution in [3.8, 4) is 0 Å². The fourth-order valence-corrected chi connectivity index (χ4v) is 3.30. The van der Waals surface area contributed by atoms with E-state index in [0.717, 1.165) is 19.3 Å². The summed E-state index contributed by atoms with van der Waals surface area (Å²) >= 11 is 0. The average Bonchev–Trinajstić information content (AvgIpc) is 2.45. The van der Waals surface area contributed by atoms with E-state index in [1.54, 1.807) is 11.8 Å². The van der Waals surface area contributed by atoms with Crippen LogP contribution in [-0.2, 0) is 19.6 Å². The van der Waals surface area contributed by atoms with Gasteiger partial charge in [0.05, 0.1) is 18.9 Å². The fourth-order valence-electron chi connectivity index (χ4n) is 2.47. The molecule has 132 valence electrons. The van der Waals surface area contributed by atoms with Crippen LogP contribution in [0, 0.1) is 0 Å². The van der Waals surface area contributed by atoms with Crippen molar-refractivity contribution in [1.29, 1.82) is 0 Å². The van der Waals surface area contributed by atoms with Gasteiger partial charge in [0.15, 0.2) is 0 Å². The Bertz CT molecular complexity index is 431. The van der Waals surface area contributed by atoms with Crippen molar-refractivity contribution in [1.82, 2.24) is 9.62 Å². The summed E-state index contributed by atoms with van der Waals surface area (Å²) in [6.07, 6.45) is 2.86. The van der Waals surface area contributed by atoms with Crippen LogP contribution >= 0.6 is 12.4 Å². The van der Waals surface area contributed by atoms with E-state index in [-0.39, 0.29) is 49.3 Å². The molecule has 3 N–H and O–H groups in total. The number of halogens is 1. The molecule has 0 aromatic rings. The Hall–Kier alpha value is -0.410. The molecule has 0 aromatic carbocycles. The highest BCUT2D eigenvalue weighted by Crippen LogP contribution is 2.18. The number of carbonyl (C=O) groups excluding carboxylic acids is 1. The number of nitrogens with zero attached hydrogens (tertiary/aromatic N) is 1. The summed E-state index contributed by atoms with van der Waals surface area (Å²) in [4.78, 5) is 13.9. The molecule has 1 amide bonds. The first kappa shape index (κ1) is 21.6. The van der Waals surface area contributed by atoms with Gasteiger partial charge in [-0.3, -0.25) is 4.79 Å². The smallest absolute Gasteiger partial charge is 0.237 e. The largest absolute Gasteiger partial charge is 0.381 e. The van der Waals surface area contributed by atoms with Gasteiger partial charge >= 0.3 is 0 Å². The zero-order valence-corrected chi connectivity index (χ0v) is 14.9. The molecule has 2 unspecified atom stereocenters. The van der Waals surface area contributed by atoms with Gasteiger partial charge in [0, 0.05) is 25.2 Å². The summed E-state index contributed by atoms with van der Waals surface area (Å²) in [7, 11) is -3.48. The molecule has 1 aliphatic heterocycles. The molecule has 1 fully saturated rings. The molecule has 22 heavy (non-hydrogen) atoms. The summed E-state index contributed by atoms with van der Waals surface area (Å²) in [5.41, 5.74) is 5.91. The molecule has 0 aliphatic carbocycles. The highest BCUT2D eigenvalue weighted by atomic mass is 35.5. The van der Waals surface area contributed by atoms with Crippen molar-refractivity contribution in [2.75, 3.05) is 32.1 Å². The molecule has 0 spiro atoms. The van der Waals surface area contributed by atoms with Crippen molar-refractivity contribution < 1.29 is 17.9 Å². The zero-order valence-electron chi connectivity index (χ0n) is 13.3. The number of rotatable bonds is 8. The van der Waals surface area contributed by atoms with Crippen LogP contribution in [0.25, 0.3) is 0 Å². The zero-order chi connectivity index (χ0) is 15.9. The first-order valence-corrected chi connectivity index (χ1v) is 9.12. The van der Waals surface area contributed by atoms with Crippen molar-refractivity contribution >= 4 is 28.3 Å². The van der Waals surface area contributed by atoms with E-state index < -0.39 is 10.0 Å².